The number of fused-ring (bicyclic) bond motifs is 1. The van der Waals surface area contributed by atoms with Crippen molar-refractivity contribution in [1.82, 2.24) is 24.6 Å². The third-order valence-electron chi connectivity index (χ3n) is 5.96. The van der Waals surface area contributed by atoms with Crippen molar-refractivity contribution in [2.24, 2.45) is 0 Å². The lowest BCUT2D eigenvalue weighted by Gasteiger charge is -2.32. The van der Waals surface area contributed by atoms with E-state index >= 15 is 0 Å². The van der Waals surface area contributed by atoms with Crippen molar-refractivity contribution in [2.75, 3.05) is 13.1 Å². The molecule has 8 nitrogen and oxygen atoms in total. The summed E-state index contributed by atoms with van der Waals surface area (Å²) in [7, 11) is 0. The highest BCUT2D eigenvalue weighted by atomic mass is 16.2. The largest absolute Gasteiger partial charge is 0.338 e. The monoisotopic (exact) mass is 415 g/mol. The smallest absolute Gasteiger partial charge is 0.261 e. The van der Waals surface area contributed by atoms with E-state index < -0.39 is 0 Å². The van der Waals surface area contributed by atoms with Crippen LogP contribution in [0.15, 0.2) is 61.2 Å². The van der Waals surface area contributed by atoms with E-state index in [0.717, 1.165) is 18.4 Å². The fraction of sp³-hybridized carbons (Fsp3) is 0.261. The second kappa shape index (κ2) is 7.79. The molecule has 1 aromatic heterocycles. The van der Waals surface area contributed by atoms with Crippen LogP contribution in [0, 0.1) is 0 Å². The minimum absolute atomic E-state index is 0.124. The summed E-state index contributed by atoms with van der Waals surface area (Å²) in [6.45, 7) is 1.42. The molecule has 2 aliphatic rings. The van der Waals surface area contributed by atoms with Crippen molar-refractivity contribution in [3.63, 3.8) is 0 Å². The number of hydrogen-bond donors (Lipinski definition) is 0. The molecule has 2 aromatic carbocycles. The maximum absolute atomic E-state index is 13.0. The van der Waals surface area contributed by atoms with Crippen molar-refractivity contribution in [1.29, 1.82) is 0 Å². The van der Waals surface area contributed by atoms with Crippen molar-refractivity contribution < 1.29 is 14.4 Å². The van der Waals surface area contributed by atoms with Crippen LogP contribution in [0.4, 0.5) is 0 Å². The maximum Gasteiger partial charge on any atom is 0.261 e. The zero-order valence-electron chi connectivity index (χ0n) is 16.8. The van der Waals surface area contributed by atoms with Gasteiger partial charge in [-0.1, -0.05) is 30.3 Å². The van der Waals surface area contributed by atoms with E-state index in [2.05, 4.69) is 10.1 Å². The highest BCUT2D eigenvalue weighted by Crippen LogP contribution is 2.27. The van der Waals surface area contributed by atoms with E-state index in [1.807, 2.05) is 35.0 Å². The average molecular weight is 415 g/mol. The lowest BCUT2D eigenvalue weighted by molar-refractivity contribution is 0.0641. The van der Waals surface area contributed by atoms with Gasteiger partial charge in [-0.3, -0.25) is 19.3 Å². The first-order chi connectivity index (χ1) is 15.1. The first-order valence-electron chi connectivity index (χ1n) is 10.3. The van der Waals surface area contributed by atoms with E-state index in [4.69, 9.17) is 0 Å². The SMILES string of the molecule is O=C(c1ccc2c(c1)C(=O)N(Cc1ccccc1)C2=O)N1CCC(n2cncn2)CC1. The molecule has 0 bridgehead atoms. The molecule has 1 fully saturated rings. The summed E-state index contributed by atoms with van der Waals surface area (Å²) in [6, 6.07) is 14.4. The summed E-state index contributed by atoms with van der Waals surface area (Å²) in [6.07, 6.45) is 4.80. The van der Waals surface area contributed by atoms with Crippen molar-refractivity contribution in [3.8, 4) is 0 Å². The summed E-state index contributed by atoms with van der Waals surface area (Å²) in [5.41, 5.74) is 1.95. The predicted molar refractivity (Wildman–Crippen MR) is 111 cm³/mol. The van der Waals surface area contributed by atoms with Crippen LogP contribution >= 0.6 is 0 Å². The van der Waals surface area contributed by atoms with Gasteiger partial charge in [0.05, 0.1) is 23.7 Å². The van der Waals surface area contributed by atoms with Gasteiger partial charge in [0.1, 0.15) is 12.7 Å². The summed E-state index contributed by atoms with van der Waals surface area (Å²) in [5.74, 6) is -0.804. The highest BCUT2D eigenvalue weighted by molar-refractivity contribution is 6.22. The Kier molecular flexibility index (Phi) is 4.82. The van der Waals surface area contributed by atoms with E-state index in [-0.39, 0.29) is 30.3 Å². The zero-order valence-corrected chi connectivity index (χ0v) is 16.8. The molecule has 1 saturated heterocycles. The Labute approximate surface area is 179 Å². The Hall–Kier alpha value is -3.81. The normalized spacial score (nSPS) is 16.6. The standard InChI is InChI=1S/C23H21N5O3/c29-21(26-10-8-18(9-11-26)28-15-24-14-25-28)17-6-7-19-20(12-17)23(31)27(22(19)30)13-16-4-2-1-3-5-16/h1-7,12,14-15,18H,8-11,13H2. The van der Waals surface area contributed by atoms with Crippen molar-refractivity contribution in [3.05, 3.63) is 83.4 Å². The second-order valence-corrected chi connectivity index (χ2v) is 7.84. The Balaban J connectivity index is 1.30. The molecule has 0 unspecified atom stereocenters. The number of imide groups is 1. The van der Waals surface area contributed by atoms with Gasteiger partial charge in [0, 0.05) is 18.7 Å². The van der Waals surface area contributed by atoms with Crippen LogP contribution in [0.1, 0.15) is 55.5 Å². The number of benzene rings is 2. The molecule has 3 aromatic rings. The highest BCUT2D eigenvalue weighted by Gasteiger charge is 2.36. The number of likely N-dealkylation sites (tertiary alicyclic amines) is 1. The number of carbonyl (C=O) groups excluding carboxylic acids is 3. The third-order valence-corrected chi connectivity index (χ3v) is 5.96. The second-order valence-electron chi connectivity index (χ2n) is 7.84. The number of carbonyl (C=O) groups is 3. The fourth-order valence-corrected chi connectivity index (χ4v) is 4.26. The molecular weight excluding hydrogens is 394 g/mol. The van der Waals surface area contributed by atoms with E-state index in [9.17, 15) is 14.4 Å². The van der Waals surface area contributed by atoms with Crippen LogP contribution in [-0.2, 0) is 6.54 Å². The summed E-state index contributed by atoms with van der Waals surface area (Å²) in [5, 5.41) is 4.19. The molecule has 2 aliphatic heterocycles. The van der Waals surface area contributed by atoms with Crippen LogP contribution in [0.25, 0.3) is 0 Å². The van der Waals surface area contributed by atoms with Gasteiger partial charge in [-0.05, 0) is 36.6 Å². The molecule has 0 aliphatic carbocycles. The quantitative estimate of drug-likeness (QED) is 0.611. The predicted octanol–water partition coefficient (Wildman–Crippen LogP) is 2.55. The Morgan fingerprint density at radius 1 is 0.968 bits per heavy atom. The summed E-state index contributed by atoms with van der Waals surface area (Å²) in [4.78, 5) is 45.7. The summed E-state index contributed by atoms with van der Waals surface area (Å²) >= 11 is 0. The van der Waals surface area contributed by atoms with Gasteiger partial charge in [0.15, 0.2) is 0 Å². The van der Waals surface area contributed by atoms with E-state index in [1.165, 1.54) is 11.2 Å². The third kappa shape index (κ3) is 3.50. The fourth-order valence-electron chi connectivity index (χ4n) is 4.26. The van der Waals surface area contributed by atoms with Crippen LogP contribution in [-0.4, -0.2) is 55.4 Å². The minimum Gasteiger partial charge on any atom is -0.338 e. The van der Waals surface area contributed by atoms with Gasteiger partial charge in [-0.2, -0.15) is 5.10 Å². The molecule has 5 rings (SSSR count). The molecule has 0 spiro atoms. The van der Waals surface area contributed by atoms with Gasteiger partial charge in [-0.25, -0.2) is 9.67 Å². The number of aromatic nitrogens is 3. The van der Waals surface area contributed by atoms with Gasteiger partial charge < -0.3 is 4.90 Å². The topological polar surface area (TPSA) is 88.4 Å². The Bertz CT molecular complexity index is 1140. The zero-order chi connectivity index (χ0) is 21.4. The molecule has 0 saturated carbocycles. The van der Waals surface area contributed by atoms with Crippen LogP contribution in [0.2, 0.25) is 0 Å². The number of hydrogen-bond acceptors (Lipinski definition) is 5. The molecule has 3 amide bonds. The Morgan fingerprint density at radius 3 is 2.42 bits per heavy atom. The number of rotatable bonds is 4. The van der Waals surface area contributed by atoms with Crippen molar-refractivity contribution >= 4 is 17.7 Å². The lowest BCUT2D eigenvalue weighted by Crippen LogP contribution is -2.39. The van der Waals surface area contributed by atoms with Crippen LogP contribution < -0.4 is 0 Å². The molecule has 3 heterocycles. The van der Waals surface area contributed by atoms with Gasteiger partial charge in [-0.15, -0.1) is 0 Å². The van der Waals surface area contributed by atoms with Gasteiger partial charge >= 0.3 is 0 Å². The van der Waals surface area contributed by atoms with Gasteiger partial charge in [0.2, 0.25) is 0 Å². The minimum atomic E-state index is -0.358. The summed E-state index contributed by atoms with van der Waals surface area (Å²) < 4.78 is 1.84. The van der Waals surface area contributed by atoms with Gasteiger partial charge in [0.25, 0.3) is 17.7 Å². The number of piperidine rings is 1. The van der Waals surface area contributed by atoms with Crippen molar-refractivity contribution in [2.45, 2.75) is 25.4 Å². The Morgan fingerprint density at radius 2 is 1.71 bits per heavy atom. The van der Waals surface area contributed by atoms with E-state index in [1.54, 1.807) is 29.4 Å². The number of nitrogens with zero attached hydrogens (tertiary/aromatic N) is 5. The van der Waals surface area contributed by atoms with E-state index in [0.29, 0.717) is 29.8 Å². The molecule has 31 heavy (non-hydrogen) atoms. The first kappa shape index (κ1) is 19.2. The average Bonchev–Trinajstić information content (AvgIpc) is 3.43. The molecule has 0 radical (unpaired) electrons. The molecule has 0 N–H and O–H groups in total. The molecule has 0 atom stereocenters. The molecule has 8 heteroatoms. The van der Waals surface area contributed by atoms with Crippen LogP contribution in [0.3, 0.4) is 0 Å². The lowest BCUT2D eigenvalue weighted by atomic mass is 10.0. The molecular formula is C23H21N5O3. The number of amides is 3. The van der Waals surface area contributed by atoms with Crippen LogP contribution in [0.5, 0.6) is 0 Å². The first-order valence-corrected chi connectivity index (χ1v) is 10.3. The maximum atomic E-state index is 13.0. The molecule has 156 valence electrons.